The highest BCUT2D eigenvalue weighted by atomic mass is 32.1. The molecule has 1 aromatic carbocycles. The van der Waals surface area contributed by atoms with Crippen LogP contribution in [-0.2, 0) is 9.59 Å². The van der Waals surface area contributed by atoms with Crippen LogP contribution in [0.1, 0.15) is 61.7 Å². The number of carbonyl (C=O) groups is 3. The van der Waals surface area contributed by atoms with Gasteiger partial charge in [-0.05, 0) is 50.8 Å². The van der Waals surface area contributed by atoms with Gasteiger partial charge in [0.2, 0.25) is 5.91 Å². The highest BCUT2D eigenvalue weighted by Gasteiger charge is 2.37. The van der Waals surface area contributed by atoms with Crippen molar-refractivity contribution in [1.82, 2.24) is 0 Å². The number of amides is 2. The third-order valence-electron chi connectivity index (χ3n) is 5.75. The lowest BCUT2D eigenvalue weighted by atomic mass is 9.76. The van der Waals surface area contributed by atoms with E-state index in [0.29, 0.717) is 29.1 Å². The number of hydrogen-bond acceptors (Lipinski definition) is 4. The first kappa shape index (κ1) is 22.7. The second-order valence-electron chi connectivity index (χ2n) is 8.38. The minimum Gasteiger partial charge on any atom is -0.481 e. The zero-order valence-corrected chi connectivity index (χ0v) is 19.0. The van der Waals surface area contributed by atoms with Crippen molar-refractivity contribution in [1.29, 1.82) is 0 Å². The summed E-state index contributed by atoms with van der Waals surface area (Å²) in [5.41, 5.74) is 3.12. The molecule has 2 atom stereocenters. The van der Waals surface area contributed by atoms with Crippen molar-refractivity contribution in [3.05, 3.63) is 58.0 Å². The van der Waals surface area contributed by atoms with Crippen molar-refractivity contribution in [2.75, 3.05) is 10.6 Å². The van der Waals surface area contributed by atoms with E-state index in [1.165, 1.54) is 11.3 Å². The topological polar surface area (TPSA) is 95.5 Å². The van der Waals surface area contributed by atoms with Gasteiger partial charge in [0.05, 0.1) is 17.4 Å². The van der Waals surface area contributed by atoms with Gasteiger partial charge in [0, 0.05) is 10.6 Å². The van der Waals surface area contributed by atoms with E-state index >= 15 is 0 Å². The lowest BCUT2D eigenvalue weighted by Crippen LogP contribution is -2.36. The average molecular weight is 441 g/mol. The number of carbonyl (C=O) groups excluding carboxylic acids is 2. The van der Waals surface area contributed by atoms with Crippen LogP contribution in [0.2, 0.25) is 0 Å². The monoisotopic (exact) mass is 440 g/mol. The molecule has 6 nitrogen and oxygen atoms in total. The number of carboxylic acid groups (broad SMARTS) is 1. The Morgan fingerprint density at radius 3 is 2.19 bits per heavy atom. The smallest absolute Gasteiger partial charge is 0.307 e. The summed E-state index contributed by atoms with van der Waals surface area (Å²) in [7, 11) is 0. The fraction of sp³-hybridized carbons (Fsp3) is 0.375. The minimum atomic E-state index is -0.969. The molecular formula is C24H28N2O4S. The Hall–Kier alpha value is -2.93. The largest absolute Gasteiger partial charge is 0.481 e. The molecule has 0 saturated carbocycles. The Bertz CT molecular complexity index is 1020. The van der Waals surface area contributed by atoms with Crippen LogP contribution in [0.3, 0.4) is 0 Å². The number of aliphatic carboxylic acids is 1. The number of anilines is 2. The van der Waals surface area contributed by atoms with Crippen molar-refractivity contribution in [2.45, 2.75) is 46.5 Å². The number of rotatable bonds is 6. The highest BCUT2D eigenvalue weighted by Crippen LogP contribution is 2.37. The first-order valence-electron chi connectivity index (χ1n) is 10.4. The lowest BCUT2D eigenvalue weighted by molar-refractivity contribution is -0.146. The van der Waals surface area contributed by atoms with E-state index in [1.807, 2.05) is 45.9 Å². The van der Waals surface area contributed by atoms with Gasteiger partial charge in [-0.15, -0.1) is 11.3 Å². The molecule has 2 amide bonds. The molecule has 1 heterocycles. The van der Waals surface area contributed by atoms with E-state index in [1.54, 1.807) is 18.2 Å². The second-order valence-corrected chi connectivity index (χ2v) is 9.46. The molecule has 0 bridgehead atoms. The summed E-state index contributed by atoms with van der Waals surface area (Å²) in [6, 6.07) is 10.9. The van der Waals surface area contributed by atoms with Gasteiger partial charge < -0.3 is 15.7 Å². The Balaban J connectivity index is 1.87. The molecule has 1 aliphatic rings. The SMILES string of the molecule is CC1=C(C)C[C@@H](C(=O)Nc2sc(C(C)C)cc2C(=O)Nc2ccccc2)[C@@H](C(=O)O)C1. The molecule has 31 heavy (non-hydrogen) atoms. The lowest BCUT2D eigenvalue weighted by Gasteiger charge is -2.29. The molecule has 0 saturated heterocycles. The number of hydrogen-bond donors (Lipinski definition) is 3. The predicted octanol–water partition coefficient (Wildman–Crippen LogP) is 5.51. The highest BCUT2D eigenvalue weighted by molar-refractivity contribution is 7.16. The number of benzene rings is 1. The van der Waals surface area contributed by atoms with Crippen LogP contribution < -0.4 is 10.6 Å². The van der Waals surface area contributed by atoms with E-state index in [2.05, 4.69) is 10.6 Å². The van der Waals surface area contributed by atoms with Crippen molar-refractivity contribution in [3.8, 4) is 0 Å². The van der Waals surface area contributed by atoms with Gasteiger partial charge in [-0.1, -0.05) is 43.2 Å². The zero-order valence-electron chi connectivity index (χ0n) is 18.2. The predicted molar refractivity (Wildman–Crippen MR) is 124 cm³/mol. The van der Waals surface area contributed by atoms with Crippen molar-refractivity contribution in [3.63, 3.8) is 0 Å². The molecule has 1 aromatic heterocycles. The summed E-state index contributed by atoms with van der Waals surface area (Å²) in [6.07, 6.45) is 0.769. The number of allylic oxidation sites excluding steroid dienone is 2. The summed E-state index contributed by atoms with van der Waals surface area (Å²) in [6.45, 7) is 7.90. The first-order valence-corrected chi connectivity index (χ1v) is 11.2. The van der Waals surface area contributed by atoms with Gasteiger partial charge in [0.15, 0.2) is 0 Å². The van der Waals surface area contributed by atoms with Crippen LogP contribution in [-0.4, -0.2) is 22.9 Å². The Morgan fingerprint density at radius 1 is 1.00 bits per heavy atom. The maximum atomic E-state index is 13.1. The van der Waals surface area contributed by atoms with Crippen LogP contribution in [0.25, 0.3) is 0 Å². The fourth-order valence-electron chi connectivity index (χ4n) is 3.71. The summed E-state index contributed by atoms with van der Waals surface area (Å²) in [4.78, 5) is 38.8. The van der Waals surface area contributed by atoms with E-state index in [0.717, 1.165) is 16.0 Å². The van der Waals surface area contributed by atoms with Crippen LogP contribution in [0.5, 0.6) is 0 Å². The summed E-state index contributed by atoms with van der Waals surface area (Å²) in [5, 5.41) is 15.8. The molecule has 0 unspecified atom stereocenters. The molecule has 0 aliphatic heterocycles. The van der Waals surface area contributed by atoms with Crippen molar-refractivity contribution >= 4 is 39.8 Å². The van der Waals surface area contributed by atoms with Gasteiger partial charge >= 0.3 is 5.97 Å². The zero-order chi connectivity index (χ0) is 22.7. The molecular weight excluding hydrogens is 412 g/mol. The summed E-state index contributed by atoms with van der Waals surface area (Å²) < 4.78 is 0. The Kier molecular flexibility index (Phi) is 6.95. The standard InChI is InChI=1S/C24H28N2O4S/c1-13(2)20-12-19(22(28)25-16-8-6-5-7-9-16)23(31-20)26-21(27)17-10-14(3)15(4)11-18(17)24(29)30/h5-9,12-13,17-18H,10-11H2,1-4H3,(H,25,28)(H,26,27)(H,29,30)/t17-,18+/m1/s1. The molecule has 1 aliphatic carbocycles. The van der Waals surface area contributed by atoms with Crippen LogP contribution in [0.4, 0.5) is 10.7 Å². The third kappa shape index (κ3) is 5.22. The van der Waals surface area contributed by atoms with Crippen LogP contribution >= 0.6 is 11.3 Å². The molecule has 7 heteroatoms. The fourth-order valence-corrected chi connectivity index (χ4v) is 4.77. The molecule has 2 aromatic rings. The molecule has 0 spiro atoms. The van der Waals surface area contributed by atoms with Gasteiger partial charge in [-0.2, -0.15) is 0 Å². The van der Waals surface area contributed by atoms with Gasteiger partial charge in [0.25, 0.3) is 5.91 Å². The normalized spacial score (nSPS) is 18.7. The molecule has 0 radical (unpaired) electrons. The number of carboxylic acids is 1. The Morgan fingerprint density at radius 2 is 1.61 bits per heavy atom. The van der Waals surface area contributed by atoms with E-state index < -0.39 is 17.8 Å². The number of para-hydroxylation sites is 1. The van der Waals surface area contributed by atoms with Crippen LogP contribution in [0, 0.1) is 11.8 Å². The van der Waals surface area contributed by atoms with Gasteiger partial charge in [0.1, 0.15) is 5.00 Å². The van der Waals surface area contributed by atoms with Gasteiger partial charge in [-0.3, -0.25) is 14.4 Å². The molecule has 0 fully saturated rings. The van der Waals surface area contributed by atoms with E-state index in [4.69, 9.17) is 0 Å². The van der Waals surface area contributed by atoms with E-state index in [9.17, 15) is 19.5 Å². The van der Waals surface area contributed by atoms with Crippen molar-refractivity contribution < 1.29 is 19.5 Å². The van der Waals surface area contributed by atoms with E-state index in [-0.39, 0.29) is 17.7 Å². The molecule has 3 rings (SSSR count). The maximum absolute atomic E-state index is 13.1. The average Bonchev–Trinajstić information content (AvgIpc) is 3.14. The third-order valence-corrected chi connectivity index (χ3v) is 7.10. The second kappa shape index (κ2) is 9.47. The molecule has 164 valence electrons. The number of thiophene rings is 1. The molecule has 3 N–H and O–H groups in total. The quantitative estimate of drug-likeness (QED) is 0.516. The summed E-state index contributed by atoms with van der Waals surface area (Å²) in [5.74, 6) is -2.89. The maximum Gasteiger partial charge on any atom is 0.307 e. The van der Waals surface area contributed by atoms with Crippen LogP contribution in [0.15, 0.2) is 47.5 Å². The summed E-state index contributed by atoms with van der Waals surface area (Å²) >= 11 is 1.36. The number of nitrogens with one attached hydrogen (secondary N) is 2. The first-order chi connectivity index (χ1) is 14.7. The Labute approximate surface area is 186 Å². The van der Waals surface area contributed by atoms with Gasteiger partial charge in [-0.25, -0.2) is 0 Å². The van der Waals surface area contributed by atoms with Crippen molar-refractivity contribution in [2.24, 2.45) is 11.8 Å². The minimum absolute atomic E-state index is 0.188.